The number of carbonyl (C=O) groups is 1. The highest BCUT2D eigenvalue weighted by atomic mass is 16.2. The van der Waals surface area contributed by atoms with E-state index in [1.54, 1.807) is 0 Å². The van der Waals surface area contributed by atoms with Gasteiger partial charge in [0.15, 0.2) is 0 Å². The van der Waals surface area contributed by atoms with Crippen molar-refractivity contribution < 1.29 is 4.79 Å². The number of hydrogen-bond donors (Lipinski definition) is 1. The fourth-order valence-corrected chi connectivity index (χ4v) is 3.28. The Morgan fingerprint density at radius 3 is 2.63 bits per heavy atom. The summed E-state index contributed by atoms with van der Waals surface area (Å²) in [5, 5.41) is 3.38. The minimum absolute atomic E-state index is 0.0556. The first kappa shape index (κ1) is 14.8. The summed E-state index contributed by atoms with van der Waals surface area (Å²) in [6, 6.07) is 0.0556. The van der Waals surface area contributed by atoms with Gasteiger partial charge in [-0.25, -0.2) is 0 Å². The summed E-state index contributed by atoms with van der Waals surface area (Å²) in [6.07, 6.45) is 4.64. The normalized spacial score (nSPS) is 30.3. The van der Waals surface area contributed by atoms with E-state index >= 15 is 0 Å². The van der Waals surface area contributed by atoms with Crippen molar-refractivity contribution >= 4 is 5.91 Å². The summed E-state index contributed by atoms with van der Waals surface area (Å²) in [5.74, 6) is 1.66. The molecule has 0 aromatic carbocycles. The van der Waals surface area contributed by atoms with Crippen LogP contribution in [0, 0.1) is 11.8 Å². The molecule has 0 bridgehead atoms. The molecular weight excluding hydrogens is 238 g/mol. The van der Waals surface area contributed by atoms with Crippen molar-refractivity contribution in [1.29, 1.82) is 0 Å². The number of rotatable bonds is 3. The van der Waals surface area contributed by atoms with Crippen LogP contribution in [0.1, 0.15) is 32.6 Å². The van der Waals surface area contributed by atoms with E-state index < -0.39 is 0 Å². The number of likely N-dealkylation sites (N-methyl/N-ethyl adjacent to an activating group) is 1. The van der Waals surface area contributed by atoms with Gasteiger partial charge in [0.25, 0.3) is 0 Å². The monoisotopic (exact) mass is 267 g/mol. The Bertz CT molecular complexity index is 300. The zero-order valence-corrected chi connectivity index (χ0v) is 12.7. The second-order valence-corrected chi connectivity index (χ2v) is 6.60. The van der Waals surface area contributed by atoms with Crippen molar-refractivity contribution in [3.05, 3.63) is 0 Å². The number of nitrogens with zero attached hydrogens (tertiary/aromatic N) is 2. The molecule has 0 radical (unpaired) electrons. The number of nitrogens with one attached hydrogen (secondary N) is 1. The molecule has 1 N–H and O–H groups in total. The Labute approximate surface area is 117 Å². The maximum atomic E-state index is 12.4. The van der Waals surface area contributed by atoms with Crippen molar-refractivity contribution in [2.24, 2.45) is 11.8 Å². The Balaban J connectivity index is 1.78. The summed E-state index contributed by atoms with van der Waals surface area (Å²) in [4.78, 5) is 16.8. The van der Waals surface area contributed by atoms with E-state index in [0.717, 1.165) is 19.5 Å². The van der Waals surface area contributed by atoms with Gasteiger partial charge in [0.1, 0.15) is 0 Å². The van der Waals surface area contributed by atoms with Crippen molar-refractivity contribution in [2.75, 3.05) is 40.3 Å². The predicted octanol–water partition coefficient (Wildman–Crippen LogP) is 1.17. The second kappa shape index (κ2) is 6.71. The van der Waals surface area contributed by atoms with E-state index in [1.807, 2.05) is 11.9 Å². The SMILES string of the molecule is CC1CCNC(C(=O)N(C)CC2CCN(C)CC2)C1. The van der Waals surface area contributed by atoms with Gasteiger partial charge in [-0.05, 0) is 64.2 Å². The second-order valence-electron chi connectivity index (χ2n) is 6.60. The third-order valence-electron chi connectivity index (χ3n) is 4.71. The predicted molar refractivity (Wildman–Crippen MR) is 78.0 cm³/mol. The molecule has 2 saturated heterocycles. The molecule has 2 heterocycles. The standard InChI is InChI=1S/C15H29N3O/c1-12-4-7-16-14(10-12)15(19)18(3)11-13-5-8-17(2)9-6-13/h12-14,16H,4-11H2,1-3H3. The lowest BCUT2D eigenvalue weighted by Crippen LogP contribution is -2.50. The maximum Gasteiger partial charge on any atom is 0.239 e. The average molecular weight is 267 g/mol. The highest BCUT2D eigenvalue weighted by Gasteiger charge is 2.28. The van der Waals surface area contributed by atoms with Crippen LogP contribution in [0.4, 0.5) is 0 Å². The first-order chi connectivity index (χ1) is 9.06. The van der Waals surface area contributed by atoms with Crippen LogP contribution in [0.3, 0.4) is 0 Å². The van der Waals surface area contributed by atoms with E-state index in [-0.39, 0.29) is 6.04 Å². The van der Waals surface area contributed by atoms with Crippen LogP contribution >= 0.6 is 0 Å². The molecule has 1 amide bonds. The Morgan fingerprint density at radius 2 is 2.00 bits per heavy atom. The van der Waals surface area contributed by atoms with Crippen molar-refractivity contribution in [1.82, 2.24) is 15.1 Å². The van der Waals surface area contributed by atoms with Crippen molar-refractivity contribution in [3.8, 4) is 0 Å². The average Bonchev–Trinajstić information content (AvgIpc) is 2.40. The lowest BCUT2D eigenvalue weighted by Gasteiger charge is -2.34. The fourth-order valence-electron chi connectivity index (χ4n) is 3.28. The molecular formula is C15H29N3O. The summed E-state index contributed by atoms with van der Waals surface area (Å²) in [7, 11) is 4.15. The molecule has 19 heavy (non-hydrogen) atoms. The Morgan fingerprint density at radius 1 is 1.32 bits per heavy atom. The molecule has 2 atom stereocenters. The first-order valence-electron chi connectivity index (χ1n) is 7.73. The third kappa shape index (κ3) is 4.18. The highest BCUT2D eigenvalue weighted by Crippen LogP contribution is 2.19. The van der Waals surface area contributed by atoms with Crippen LogP contribution in [-0.2, 0) is 4.79 Å². The highest BCUT2D eigenvalue weighted by molar-refractivity contribution is 5.81. The van der Waals surface area contributed by atoms with Gasteiger partial charge in [0.05, 0.1) is 6.04 Å². The van der Waals surface area contributed by atoms with Crippen LogP contribution < -0.4 is 5.32 Å². The smallest absolute Gasteiger partial charge is 0.239 e. The number of carbonyl (C=O) groups excluding carboxylic acids is 1. The topological polar surface area (TPSA) is 35.6 Å². The first-order valence-corrected chi connectivity index (χ1v) is 7.73. The van der Waals surface area contributed by atoms with Gasteiger partial charge in [-0.2, -0.15) is 0 Å². The van der Waals surface area contributed by atoms with Crippen LogP contribution in [-0.4, -0.2) is 62.0 Å². The molecule has 4 heteroatoms. The molecule has 0 spiro atoms. The fraction of sp³-hybridized carbons (Fsp3) is 0.933. The van der Waals surface area contributed by atoms with Crippen LogP contribution in [0.2, 0.25) is 0 Å². The molecule has 4 nitrogen and oxygen atoms in total. The van der Waals surface area contributed by atoms with Gasteiger partial charge in [-0.1, -0.05) is 6.92 Å². The van der Waals surface area contributed by atoms with Gasteiger partial charge in [0.2, 0.25) is 5.91 Å². The van der Waals surface area contributed by atoms with E-state index in [9.17, 15) is 4.79 Å². The molecule has 0 aromatic rings. The van der Waals surface area contributed by atoms with Crippen molar-refractivity contribution in [2.45, 2.75) is 38.6 Å². The minimum atomic E-state index is 0.0556. The van der Waals surface area contributed by atoms with E-state index in [4.69, 9.17) is 0 Å². The number of hydrogen-bond acceptors (Lipinski definition) is 3. The Hall–Kier alpha value is -0.610. The number of piperidine rings is 2. The van der Waals surface area contributed by atoms with Gasteiger partial charge in [-0.3, -0.25) is 4.79 Å². The molecule has 2 aliphatic heterocycles. The van der Waals surface area contributed by atoms with E-state index in [0.29, 0.717) is 17.7 Å². The zero-order valence-electron chi connectivity index (χ0n) is 12.7. The summed E-state index contributed by atoms with van der Waals surface area (Å²) in [5.41, 5.74) is 0. The minimum Gasteiger partial charge on any atom is -0.344 e. The lowest BCUT2D eigenvalue weighted by atomic mass is 9.92. The molecule has 2 unspecified atom stereocenters. The molecule has 2 rings (SSSR count). The van der Waals surface area contributed by atoms with E-state index in [1.165, 1.54) is 32.4 Å². The van der Waals surface area contributed by atoms with Crippen LogP contribution in [0.15, 0.2) is 0 Å². The summed E-state index contributed by atoms with van der Waals surface area (Å²) in [6.45, 7) is 6.51. The summed E-state index contributed by atoms with van der Waals surface area (Å²) < 4.78 is 0. The van der Waals surface area contributed by atoms with Gasteiger partial charge in [-0.15, -0.1) is 0 Å². The van der Waals surface area contributed by atoms with Crippen molar-refractivity contribution in [3.63, 3.8) is 0 Å². The van der Waals surface area contributed by atoms with Gasteiger partial charge in [0, 0.05) is 13.6 Å². The van der Waals surface area contributed by atoms with E-state index in [2.05, 4.69) is 24.2 Å². The largest absolute Gasteiger partial charge is 0.344 e. The molecule has 0 aliphatic carbocycles. The summed E-state index contributed by atoms with van der Waals surface area (Å²) >= 11 is 0. The quantitative estimate of drug-likeness (QED) is 0.834. The molecule has 2 aliphatic rings. The third-order valence-corrected chi connectivity index (χ3v) is 4.71. The van der Waals surface area contributed by atoms with Crippen LogP contribution in [0.5, 0.6) is 0 Å². The number of amides is 1. The maximum absolute atomic E-state index is 12.4. The Kier molecular flexibility index (Phi) is 5.22. The molecule has 2 fully saturated rings. The van der Waals surface area contributed by atoms with Crippen LogP contribution in [0.25, 0.3) is 0 Å². The molecule has 110 valence electrons. The lowest BCUT2D eigenvalue weighted by molar-refractivity contribution is -0.133. The zero-order chi connectivity index (χ0) is 13.8. The molecule has 0 saturated carbocycles. The van der Waals surface area contributed by atoms with Gasteiger partial charge >= 0.3 is 0 Å². The molecule has 0 aromatic heterocycles. The number of likely N-dealkylation sites (tertiary alicyclic amines) is 1. The van der Waals surface area contributed by atoms with Gasteiger partial charge < -0.3 is 15.1 Å².